The SMILES string of the molecule is CC1(Cc2cc3c(-c4cccc5ccccc45)cccc3[cH-]2)CCCCCCC1.CC1(Cc2cc3c(-c4cccc5ccccc45)cccc3[cH-]2)CCCCCCC1.C[Si]C.[Cl][Zr+2][Cl]. The van der Waals surface area contributed by atoms with Crippen LogP contribution in [0.3, 0.4) is 0 Å². The molecule has 0 saturated heterocycles. The van der Waals surface area contributed by atoms with Crippen LogP contribution in [0.25, 0.3) is 65.3 Å². The molecule has 330 valence electrons. The summed E-state index contributed by atoms with van der Waals surface area (Å²) in [7, 11) is 11.0. The molecule has 0 spiro atoms. The zero-order valence-electron chi connectivity index (χ0n) is 38.9. The van der Waals surface area contributed by atoms with Crippen molar-refractivity contribution in [2.75, 3.05) is 0 Å². The predicted molar refractivity (Wildman–Crippen MR) is 282 cm³/mol. The van der Waals surface area contributed by atoms with E-state index in [1.165, 1.54) is 179 Å². The van der Waals surface area contributed by atoms with Crippen molar-refractivity contribution in [3.63, 3.8) is 0 Å². The normalized spacial score (nSPS) is 16.1. The topological polar surface area (TPSA) is 0 Å². The minimum absolute atomic E-state index is 0.463. The molecule has 0 atom stereocenters. The Morgan fingerprint density at radius 1 is 0.438 bits per heavy atom. The molecule has 0 aliphatic heterocycles. The minimum atomic E-state index is -0.826. The Morgan fingerprint density at radius 3 is 1.11 bits per heavy atom. The number of hydrogen-bond donors (Lipinski definition) is 0. The average molecular weight is 979 g/mol. The van der Waals surface area contributed by atoms with Crippen LogP contribution in [0.4, 0.5) is 0 Å². The van der Waals surface area contributed by atoms with E-state index in [2.05, 4.69) is 173 Å². The molecule has 0 aromatic heterocycles. The molecule has 2 aliphatic rings. The van der Waals surface area contributed by atoms with Gasteiger partial charge >= 0.3 is 37.9 Å². The fraction of sp³-hybridized carbons (Fsp3) is 0.367. The van der Waals surface area contributed by atoms with Gasteiger partial charge in [-0.3, -0.25) is 0 Å². The van der Waals surface area contributed by atoms with Gasteiger partial charge in [-0.1, -0.05) is 199 Å². The van der Waals surface area contributed by atoms with Gasteiger partial charge in [0.1, 0.15) is 0 Å². The molecule has 2 fully saturated rings. The fourth-order valence-corrected chi connectivity index (χ4v) is 11.0. The maximum absolute atomic E-state index is 4.93. The second-order valence-electron chi connectivity index (χ2n) is 19.5. The van der Waals surface area contributed by atoms with Crippen molar-refractivity contribution in [2.45, 2.75) is 130 Å². The summed E-state index contributed by atoms with van der Waals surface area (Å²) in [5.74, 6) is 0. The molecule has 8 aromatic carbocycles. The Kier molecular flexibility index (Phi) is 18.2. The van der Waals surface area contributed by atoms with Crippen molar-refractivity contribution < 1.29 is 20.8 Å². The molecular formula is C60H68Cl2SiZr. The van der Waals surface area contributed by atoms with Crippen LogP contribution in [0.5, 0.6) is 0 Å². The van der Waals surface area contributed by atoms with E-state index in [1.807, 2.05) is 0 Å². The Bertz CT molecular complexity index is 2470. The van der Waals surface area contributed by atoms with Gasteiger partial charge in [-0.2, -0.15) is 12.1 Å². The van der Waals surface area contributed by atoms with Crippen molar-refractivity contribution >= 4 is 69.6 Å². The van der Waals surface area contributed by atoms with E-state index in [-0.39, 0.29) is 0 Å². The third-order valence-electron chi connectivity index (χ3n) is 14.2. The zero-order valence-corrected chi connectivity index (χ0v) is 43.9. The summed E-state index contributed by atoms with van der Waals surface area (Å²) < 4.78 is 0. The van der Waals surface area contributed by atoms with E-state index >= 15 is 0 Å². The van der Waals surface area contributed by atoms with Crippen molar-refractivity contribution in [3.8, 4) is 22.3 Å². The molecule has 2 aliphatic carbocycles. The summed E-state index contributed by atoms with van der Waals surface area (Å²) in [6, 6.07) is 54.3. The summed E-state index contributed by atoms with van der Waals surface area (Å²) in [5, 5.41) is 10.9. The van der Waals surface area contributed by atoms with Crippen LogP contribution in [0.15, 0.2) is 146 Å². The molecule has 2 saturated carbocycles. The summed E-state index contributed by atoms with van der Waals surface area (Å²) in [6.07, 6.45) is 22.1. The van der Waals surface area contributed by atoms with Crippen molar-refractivity contribution in [2.24, 2.45) is 10.8 Å². The van der Waals surface area contributed by atoms with Gasteiger partial charge < -0.3 is 0 Å². The first-order valence-electron chi connectivity index (χ1n) is 24.1. The summed E-state index contributed by atoms with van der Waals surface area (Å²) in [4.78, 5) is 0. The predicted octanol–water partition coefficient (Wildman–Crippen LogP) is 19.5. The van der Waals surface area contributed by atoms with Crippen LogP contribution >= 0.6 is 17.0 Å². The van der Waals surface area contributed by atoms with Gasteiger partial charge in [0.2, 0.25) is 0 Å². The van der Waals surface area contributed by atoms with Gasteiger partial charge in [0.25, 0.3) is 0 Å². The summed E-state index contributed by atoms with van der Waals surface area (Å²) in [5.41, 5.74) is 9.41. The van der Waals surface area contributed by atoms with Gasteiger partial charge in [-0.15, -0.1) is 69.1 Å². The zero-order chi connectivity index (χ0) is 44.8. The van der Waals surface area contributed by atoms with Gasteiger partial charge in [0.05, 0.1) is 0 Å². The van der Waals surface area contributed by atoms with Crippen LogP contribution < -0.4 is 0 Å². The monoisotopic (exact) mass is 976 g/mol. The third kappa shape index (κ3) is 12.6. The molecule has 2 radical (unpaired) electrons. The summed E-state index contributed by atoms with van der Waals surface area (Å²) >= 11 is -0.826. The van der Waals surface area contributed by atoms with Gasteiger partial charge in [0.15, 0.2) is 0 Å². The number of halogens is 2. The molecule has 0 unspecified atom stereocenters. The number of rotatable bonds is 6. The molecule has 8 aromatic rings. The van der Waals surface area contributed by atoms with Crippen LogP contribution in [0.2, 0.25) is 13.1 Å². The number of fused-ring (bicyclic) bond motifs is 4. The van der Waals surface area contributed by atoms with Crippen LogP contribution in [-0.2, 0) is 33.7 Å². The van der Waals surface area contributed by atoms with E-state index < -0.39 is 20.8 Å². The Balaban J connectivity index is 0.000000171. The molecule has 64 heavy (non-hydrogen) atoms. The molecule has 4 heteroatoms. The molecule has 0 heterocycles. The van der Waals surface area contributed by atoms with Gasteiger partial charge in [-0.25, -0.2) is 0 Å². The Labute approximate surface area is 406 Å². The van der Waals surface area contributed by atoms with E-state index in [4.69, 9.17) is 17.0 Å². The fourth-order valence-electron chi connectivity index (χ4n) is 11.0. The molecule has 0 amide bonds. The standard InChI is InChI=1S/2C29H31.C2H6Si.2ClH.Zr/c2*1-29(17-7-3-2-4-8-18-29)21-22-19-24-13-10-16-27(28(24)20-22)26-15-9-12-23-11-5-6-14-25(23)26;1-3-2;;;/h2*5-6,9-16,19-20H,2-4,7-8,17-18,21H2,1H3;1-2H3;2*1H;/q2*-1;;;;+4/p-2. The third-order valence-corrected chi connectivity index (χ3v) is 14.2. The van der Waals surface area contributed by atoms with Crippen LogP contribution in [0.1, 0.15) is 115 Å². The Hall–Kier alpha value is -3.26. The first-order valence-corrected chi connectivity index (χ1v) is 32.5. The molecule has 0 nitrogen and oxygen atoms in total. The van der Waals surface area contributed by atoms with Gasteiger partial charge in [-0.05, 0) is 82.0 Å². The van der Waals surface area contributed by atoms with Crippen LogP contribution in [-0.4, -0.2) is 9.52 Å². The maximum atomic E-state index is 4.93. The van der Waals surface area contributed by atoms with Gasteiger partial charge in [0, 0.05) is 9.52 Å². The average Bonchev–Trinajstić information content (AvgIpc) is 3.90. The van der Waals surface area contributed by atoms with E-state index in [0.29, 0.717) is 10.8 Å². The Morgan fingerprint density at radius 2 is 0.734 bits per heavy atom. The van der Waals surface area contributed by atoms with E-state index in [9.17, 15) is 0 Å². The number of hydrogen-bond acceptors (Lipinski definition) is 0. The van der Waals surface area contributed by atoms with Crippen LogP contribution in [0, 0.1) is 10.8 Å². The quantitative estimate of drug-likeness (QED) is 0.115. The first kappa shape index (κ1) is 48.7. The molecule has 0 bridgehead atoms. The second kappa shape index (κ2) is 24.0. The van der Waals surface area contributed by atoms with E-state index in [1.54, 1.807) is 0 Å². The van der Waals surface area contributed by atoms with Crippen molar-refractivity contribution in [1.29, 1.82) is 0 Å². The van der Waals surface area contributed by atoms with Crippen molar-refractivity contribution in [1.82, 2.24) is 0 Å². The molecule has 10 rings (SSSR count). The second-order valence-corrected chi connectivity index (χ2v) is 24.2. The first-order chi connectivity index (χ1) is 31.3. The summed E-state index contributed by atoms with van der Waals surface area (Å²) in [6.45, 7) is 9.36. The van der Waals surface area contributed by atoms with Crippen molar-refractivity contribution in [3.05, 3.63) is 157 Å². The molecule has 0 N–H and O–H groups in total. The number of benzene rings is 6. The van der Waals surface area contributed by atoms with E-state index in [0.717, 1.165) is 9.52 Å². The molecular weight excluding hydrogens is 911 g/mol.